The van der Waals surface area contributed by atoms with Crippen molar-refractivity contribution in [2.75, 3.05) is 101 Å². The van der Waals surface area contributed by atoms with Crippen LogP contribution in [0.3, 0.4) is 0 Å². The number of quaternary nitrogens is 5. The van der Waals surface area contributed by atoms with Crippen LogP contribution in [0, 0.1) is 0 Å². The molecular weight excluding hydrogens is 963 g/mol. The minimum Gasteiger partial charge on any atom is -0.854 e. The number of hydrogen-bond donors (Lipinski definition) is 5. The molecule has 0 atom stereocenters. The number of rotatable bonds is 48. The van der Waals surface area contributed by atoms with Gasteiger partial charge in [-0.25, -0.2) is 8.42 Å². The lowest BCUT2D eigenvalue weighted by molar-refractivity contribution is -0.440. The number of carbonyl (C=O) groups excluding carboxylic acids is 2. The Kier molecular flexibility index (Phi) is 87.9. The lowest BCUT2D eigenvalue weighted by Gasteiger charge is -2.40. The maximum atomic E-state index is 14.4. The van der Waals surface area contributed by atoms with E-state index in [-0.39, 0.29) is 45.6 Å². The number of ketones is 2. The van der Waals surface area contributed by atoms with Crippen molar-refractivity contribution < 1.29 is 75.8 Å². The van der Waals surface area contributed by atoms with Crippen LogP contribution < -0.4 is 49.1 Å². The second-order valence-corrected chi connectivity index (χ2v) is 18.7. The predicted octanol–water partition coefficient (Wildman–Crippen LogP) is 1.93. The zero-order valence-electron chi connectivity index (χ0n) is 49.7. The van der Waals surface area contributed by atoms with Gasteiger partial charge in [-0.2, -0.15) is 0 Å². The van der Waals surface area contributed by atoms with Crippen LogP contribution >= 0.6 is 0 Å². The Morgan fingerprint density at radius 1 is 0.432 bits per heavy atom. The van der Waals surface area contributed by atoms with Gasteiger partial charge in [0.15, 0.2) is 0 Å². The molecule has 0 bridgehead atoms. The molecule has 15 N–H and O–H groups in total. The molecule has 0 saturated carbocycles. The molecule has 0 rings (SSSR count). The molecule has 0 aromatic rings. The Balaban J connectivity index is -0.000000497. The molecule has 0 spiro atoms. The van der Waals surface area contributed by atoms with E-state index in [4.69, 9.17) is 0 Å². The van der Waals surface area contributed by atoms with E-state index in [9.17, 15) is 43.0 Å². The van der Waals surface area contributed by atoms with Gasteiger partial charge in [-0.15, -0.1) is 19.8 Å². The monoisotopic (exact) mass is 1090 g/mol. The van der Waals surface area contributed by atoms with Crippen LogP contribution in [0.15, 0.2) is 24.3 Å². The lowest BCUT2D eigenvalue weighted by atomic mass is 9.84. The summed E-state index contributed by atoms with van der Waals surface area (Å²) >= 11 is 0. The third-order valence-electron chi connectivity index (χ3n) is 11.8. The molecule has 0 aliphatic heterocycles. The first-order chi connectivity index (χ1) is 35.9. The summed E-state index contributed by atoms with van der Waals surface area (Å²) in [6.07, 6.45) is 40.8. The third kappa shape index (κ3) is 68.3. The normalized spacial score (nSPS) is 11.0. The number of nitrogens with zero attached hydrogens (tertiary/aromatic N) is 2. The zero-order valence-corrected chi connectivity index (χ0v) is 50.5. The second-order valence-electron chi connectivity index (χ2n) is 17.5. The van der Waals surface area contributed by atoms with Gasteiger partial charge in [0.1, 0.15) is 11.6 Å². The fourth-order valence-electron chi connectivity index (χ4n) is 7.68. The SMILES string of the molecule is CCCCCCCC/C=C\CCCCCCCC(=O)C([O-])(CCN(CCC[O-])CCN(CCC[O-])CCC[O-])C(=O)CCCCCCC/C=C\CCCCCCCC.COS(=O)(=O)[O-].C[NH3+].C[NH3+].C[NH3+].C[NH3+].C[NH3+]. The quantitative estimate of drug-likeness (QED) is 0.0192. The van der Waals surface area contributed by atoms with Crippen LogP contribution in [-0.4, -0.2) is 141 Å². The standard InChI is InChI=1S/C50H92N2O6.5CH5N.CH4O4S/c1-3-5-7-9-11-13-15-17-19-21-23-25-27-29-31-36-48(56)50(58,38-42-52(41-35-47-55)44-43-51(39-33-45-53)40-34-46-54)49(57)37-32-30-28-26-24-22-20-18-16-14-12-10-8-6-4-2;5*1-2;1-5-6(2,3)4/h17-20H,3-16,21-47H2,1-2H3;5*2H2,1H3;1H3,(H,2,3,4)/q-4;;;;;;/p+4/b19-17-,20-18-;;;;;;. The van der Waals surface area contributed by atoms with Crippen molar-refractivity contribution in [3.8, 4) is 0 Å². The minimum absolute atomic E-state index is 0.0825. The summed E-state index contributed by atoms with van der Waals surface area (Å²) in [5.41, 5.74) is 14.0. The molecule has 0 radical (unpaired) electrons. The maximum absolute atomic E-state index is 14.4. The number of Topliss-reactive ketones (excluding diaryl/α,β-unsaturated/α-hetero) is 2. The van der Waals surface area contributed by atoms with Crippen LogP contribution in [0.4, 0.5) is 0 Å². The molecule has 17 nitrogen and oxygen atoms in total. The molecule has 74 heavy (non-hydrogen) atoms. The molecule has 0 saturated heterocycles. The highest BCUT2D eigenvalue weighted by Crippen LogP contribution is 2.21. The van der Waals surface area contributed by atoms with Crippen LogP contribution in [-0.2, 0) is 24.2 Å². The molecule has 0 aliphatic rings. The number of hydrogen-bond acceptors (Lipinski definition) is 12. The second kappa shape index (κ2) is 75.5. The van der Waals surface area contributed by atoms with E-state index in [0.717, 1.165) is 71.3 Å². The summed E-state index contributed by atoms with van der Waals surface area (Å²) in [4.78, 5) is 31.4. The summed E-state index contributed by atoms with van der Waals surface area (Å²) in [5.74, 6) is -0.946. The fraction of sp³-hybridized carbons (Fsp3) is 0.893. The van der Waals surface area contributed by atoms with Crippen molar-refractivity contribution >= 4 is 22.0 Å². The van der Waals surface area contributed by atoms with Gasteiger partial charge in [-0.1, -0.05) is 160 Å². The van der Waals surface area contributed by atoms with E-state index in [1.54, 1.807) is 35.2 Å². The maximum Gasteiger partial charge on any atom is 0.217 e. The zero-order chi connectivity index (χ0) is 57.8. The van der Waals surface area contributed by atoms with Gasteiger partial charge in [-0.3, -0.25) is 4.18 Å². The van der Waals surface area contributed by atoms with Crippen molar-refractivity contribution in [3.63, 3.8) is 0 Å². The first-order valence-corrected chi connectivity index (χ1v) is 30.6. The lowest BCUT2D eigenvalue weighted by Crippen LogP contribution is -2.59. The summed E-state index contributed by atoms with van der Waals surface area (Å²) < 4.78 is 31.0. The molecule has 450 valence electrons. The average molecular weight is 1090 g/mol. The van der Waals surface area contributed by atoms with Crippen molar-refractivity contribution in [1.82, 2.24) is 9.80 Å². The van der Waals surface area contributed by atoms with Crippen molar-refractivity contribution in [2.24, 2.45) is 0 Å². The predicted molar refractivity (Wildman–Crippen MR) is 298 cm³/mol. The third-order valence-corrected chi connectivity index (χ3v) is 12.2. The Bertz CT molecular complexity index is 1160. The highest BCUT2D eigenvalue weighted by atomic mass is 32.3. The van der Waals surface area contributed by atoms with E-state index in [1.165, 1.54) is 89.9 Å². The Hall–Kier alpha value is -1.75. The highest BCUT2D eigenvalue weighted by Gasteiger charge is 2.32. The number of allylic oxidation sites excluding steroid dienone is 4. The number of carbonyl (C=O) groups is 2. The van der Waals surface area contributed by atoms with Crippen molar-refractivity contribution in [3.05, 3.63) is 24.3 Å². The van der Waals surface area contributed by atoms with E-state index >= 15 is 0 Å². The van der Waals surface area contributed by atoms with E-state index in [1.807, 2.05) is 4.90 Å². The van der Waals surface area contributed by atoms with Gasteiger partial charge in [0.25, 0.3) is 0 Å². The summed E-state index contributed by atoms with van der Waals surface area (Å²) in [7, 11) is 5.15. The molecule has 0 aromatic heterocycles. The van der Waals surface area contributed by atoms with Gasteiger partial charge < -0.3 is 73.0 Å². The number of unbranched alkanes of at least 4 members (excludes halogenated alkanes) is 22. The van der Waals surface area contributed by atoms with Gasteiger partial charge in [0, 0.05) is 31.5 Å². The van der Waals surface area contributed by atoms with Gasteiger partial charge in [0.2, 0.25) is 10.4 Å². The topological polar surface area (TPSA) is 337 Å². The Morgan fingerprint density at radius 3 is 0.932 bits per heavy atom. The van der Waals surface area contributed by atoms with Crippen molar-refractivity contribution in [2.45, 2.75) is 225 Å². The molecule has 0 heterocycles. The van der Waals surface area contributed by atoms with Crippen LogP contribution in [0.25, 0.3) is 0 Å². The van der Waals surface area contributed by atoms with E-state index in [2.05, 4.69) is 75.9 Å². The molecule has 18 heteroatoms. The molecule has 0 aliphatic carbocycles. The van der Waals surface area contributed by atoms with Crippen LogP contribution in [0.5, 0.6) is 0 Å². The van der Waals surface area contributed by atoms with E-state index < -0.39 is 27.6 Å². The smallest absolute Gasteiger partial charge is 0.217 e. The van der Waals surface area contributed by atoms with Gasteiger partial charge in [0.05, 0.1) is 42.3 Å². The van der Waals surface area contributed by atoms with Gasteiger partial charge >= 0.3 is 0 Å². The van der Waals surface area contributed by atoms with Crippen LogP contribution in [0.2, 0.25) is 0 Å². The summed E-state index contributed by atoms with van der Waals surface area (Å²) in [6.45, 7) is 7.04. The molecular formula is C56H125N7O10S. The Morgan fingerprint density at radius 2 is 0.676 bits per heavy atom. The molecule has 0 fully saturated rings. The summed E-state index contributed by atoms with van der Waals surface area (Å²) in [5, 5.41) is 48.1. The first kappa shape index (κ1) is 86.1. The van der Waals surface area contributed by atoms with Gasteiger partial charge in [-0.05, 0) is 96.8 Å². The van der Waals surface area contributed by atoms with Crippen LogP contribution in [0.1, 0.15) is 219 Å². The largest absolute Gasteiger partial charge is 0.854 e. The van der Waals surface area contributed by atoms with E-state index in [0.29, 0.717) is 64.8 Å². The fourth-order valence-corrected chi connectivity index (χ4v) is 7.68. The highest BCUT2D eigenvalue weighted by molar-refractivity contribution is 7.80. The average Bonchev–Trinajstić information content (AvgIpc) is 3.43. The minimum atomic E-state index is -4.41. The Labute approximate surface area is 456 Å². The molecule has 0 aromatic carbocycles. The first-order valence-electron chi connectivity index (χ1n) is 29.3. The van der Waals surface area contributed by atoms with Crippen molar-refractivity contribution in [1.29, 1.82) is 0 Å². The molecule has 0 unspecified atom stereocenters. The summed E-state index contributed by atoms with van der Waals surface area (Å²) in [6, 6.07) is 0. The molecule has 0 amide bonds.